The van der Waals surface area contributed by atoms with Gasteiger partial charge in [0, 0.05) is 48.1 Å². The number of ketones is 3. The molecule has 14 saturated carbocycles. The van der Waals surface area contributed by atoms with Crippen molar-refractivity contribution in [1.29, 1.82) is 0 Å². The summed E-state index contributed by atoms with van der Waals surface area (Å²) in [5.74, 6) is 7.47. The lowest BCUT2D eigenvalue weighted by molar-refractivity contribution is -0.203. The zero-order chi connectivity index (χ0) is 103. The Balaban J connectivity index is 0.000000142. The maximum absolute atomic E-state index is 13.4. The van der Waals surface area contributed by atoms with E-state index in [2.05, 4.69) is 298 Å². The van der Waals surface area contributed by atoms with Crippen molar-refractivity contribution in [2.24, 2.45) is 138 Å². The minimum absolute atomic E-state index is 0.0222. The average Bonchev–Trinajstić information content (AvgIpc) is 1.69. The molecule has 2 aromatic rings. The molecule has 0 spiro atoms. The van der Waals surface area contributed by atoms with Gasteiger partial charge in [0.05, 0.1) is 67.5 Å². The molecule has 5 N–H and O–H groups in total. The summed E-state index contributed by atoms with van der Waals surface area (Å²) >= 11 is 0. The van der Waals surface area contributed by atoms with Gasteiger partial charge in [-0.05, 0) is 387 Å². The number of aliphatic hydroxyl groups is 3. The lowest BCUT2D eigenvalue weighted by Gasteiger charge is -2.66. The predicted molar refractivity (Wildman–Crippen MR) is 583 cm³/mol. The molecule has 0 radical (unpaired) electrons. The van der Waals surface area contributed by atoms with Gasteiger partial charge in [-0.1, -0.05) is 211 Å². The molecule has 16 aliphatic carbocycles. The summed E-state index contributed by atoms with van der Waals surface area (Å²) in [6.07, 6.45) is 31.0. The average molecular weight is 2030 g/mol. The highest BCUT2D eigenvalue weighted by atomic mass is 28.4. The summed E-state index contributed by atoms with van der Waals surface area (Å²) in [5, 5.41) is 48.1. The third-order valence-electron chi connectivity index (χ3n) is 47.9. The third kappa shape index (κ3) is 18.6. The summed E-state index contributed by atoms with van der Waals surface area (Å²) in [6.45, 7) is 99.8. The topological polar surface area (TPSA) is 225 Å². The van der Waals surface area contributed by atoms with Gasteiger partial charge >= 0.3 is 0 Å². The van der Waals surface area contributed by atoms with Crippen molar-refractivity contribution in [1.82, 2.24) is 20.4 Å². The van der Waals surface area contributed by atoms with Crippen molar-refractivity contribution in [3.05, 3.63) is 71.0 Å². The maximum atomic E-state index is 13.4. The summed E-state index contributed by atoms with van der Waals surface area (Å²) in [4.78, 5) is 39.7. The molecule has 0 bridgehead atoms. The fourth-order valence-electron chi connectivity index (χ4n) is 32.6. The van der Waals surface area contributed by atoms with E-state index in [1.165, 1.54) is 97.9 Å². The number of aromatic nitrogens is 4. The second-order valence-corrected chi connectivity index (χ2v) is 89.6. The van der Waals surface area contributed by atoms with Gasteiger partial charge in [-0.15, -0.1) is 0 Å². The molecule has 14 fully saturated rings. The quantitative estimate of drug-likeness (QED) is 0.0577. The molecule has 2 heterocycles. The molecule has 16 nitrogen and oxygen atoms in total. The Bertz CT molecular complexity index is 4930. The van der Waals surface area contributed by atoms with Crippen molar-refractivity contribution in [3.63, 3.8) is 0 Å². The van der Waals surface area contributed by atoms with E-state index in [1.54, 1.807) is 0 Å². The molecule has 0 amide bonds. The van der Waals surface area contributed by atoms with Crippen LogP contribution < -0.4 is 0 Å². The van der Waals surface area contributed by atoms with Crippen LogP contribution in [0.25, 0.3) is 0 Å². The molecule has 2 aromatic heterocycles. The van der Waals surface area contributed by atoms with E-state index in [9.17, 15) is 29.7 Å². The number of aliphatic hydroxyl groups excluding tert-OH is 3. The fraction of sp³-hybridized carbons (Fsp3) is 0.872. The van der Waals surface area contributed by atoms with Crippen LogP contribution in [0.1, 0.15) is 344 Å². The lowest BCUT2D eigenvalue weighted by Crippen LogP contribution is -2.68. The van der Waals surface area contributed by atoms with Crippen molar-refractivity contribution < 1.29 is 56.3 Å². The second-order valence-electron chi connectivity index (χ2n) is 61.1. The number of fused-ring (bicyclic) bond motifs is 22. The fourth-order valence-corrected chi connectivity index (χ4v) is 40.5. The Labute approximate surface area is 851 Å². The van der Waals surface area contributed by atoms with Gasteiger partial charge in [-0.25, -0.2) is 0 Å². The van der Waals surface area contributed by atoms with Crippen LogP contribution in [0.4, 0.5) is 0 Å². The van der Waals surface area contributed by atoms with Crippen LogP contribution in [0.15, 0.2) is 48.5 Å². The first kappa shape index (κ1) is 111. The van der Waals surface area contributed by atoms with E-state index in [-0.39, 0.29) is 134 Å². The van der Waals surface area contributed by atoms with Gasteiger partial charge in [0.25, 0.3) is 0 Å². The van der Waals surface area contributed by atoms with Gasteiger partial charge in [0.1, 0.15) is 11.6 Å². The summed E-state index contributed by atoms with van der Waals surface area (Å²) in [5.41, 5.74) is 9.54. The normalized spacial score (nSPS) is 42.6. The predicted octanol–water partition coefficient (Wildman–Crippen LogP) is 29.0. The molecule has 0 saturated heterocycles. The Morgan fingerprint density at radius 1 is 0.353 bits per heavy atom. The molecule has 786 valence electrons. The van der Waals surface area contributed by atoms with E-state index in [1.807, 2.05) is 6.20 Å². The molecule has 0 aliphatic heterocycles. The van der Waals surface area contributed by atoms with Crippen LogP contribution in [0.3, 0.4) is 0 Å². The Morgan fingerprint density at radius 3 is 1.09 bits per heavy atom. The molecular weight excluding hydrogens is 1820 g/mol. The molecule has 0 aromatic carbocycles. The molecule has 19 unspecified atom stereocenters. The van der Waals surface area contributed by atoms with E-state index >= 15 is 0 Å². The minimum Gasteiger partial charge on any atom is -0.515 e. The van der Waals surface area contributed by atoms with E-state index < -0.39 is 62.1 Å². The molecule has 16 aliphatic rings. The monoisotopic (exact) mass is 2020 g/mol. The highest BCUT2D eigenvalue weighted by Gasteiger charge is 2.73. The SMILES string of the molecule is C=C1CCC2C3C(O[Si](C)(C)C(C)(C)C)[C@H](O[Si](C)(C)C(C)(C)C)C4CC(=O)/C(=C/O)C[C@]4(C)C3CC[C@]12C.C=C1CCC2C3C(O[Si](C)(C)C(C)(C)C)[C@H](O[Si](C)(C)C(C)(C)C)C4Cc5[nH]ncc5C[C@]4(C)C3CC[C@]12C.CC(C)(C)[Si](C)(C)OC1C2C(CC[C@]3(C)C(=O)CCC23)[C@@]2(C)CCC(=O)CC2[C@H]1O[Si](C)(C)C(C)(C)C.C[C@@]12CCCC1C1C(CC2)[C@@]2(C)Cc3cn[nH]c3CC2[C@@H](O)[C@@H]1O. The molecule has 32 atom stereocenters. The number of rotatable bonds is 12. The molecule has 22 heteroatoms. The molecule has 139 heavy (non-hydrogen) atoms. The maximum Gasteiger partial charge on any atom is 0.192 e. The number of aromatic amines is 2. The van der Waals surface area contributed by atoms with E-state index in [4.69, 9.17) is 26.6 Å². The van der Waals surface area contributed by atoms with E-state index in [0.717, 1.165) is 76.9 Å². The number of carbonyl (C=O) groups is 3. The smallest absolute Gasteiger partial charge is 0.192 e. The Hall–Kier alpha value is -2.57. The number of carbonyl (C=O) groups excluding carboxylic acids is 3. The minimum atomic E-state index is -2.19. The highest BCUT2D eigenvalue weighted by Crippen LogP contribution is 2.74. The van der Waals surface area contributed by atoms with Crippen molar-refractivity contribution in [2.45, 2.75) is 505 Å². The van der Waals surface area contributed by atoms with Gasteiger partial charge in [-0.3, -0.25) is 24.6 Å². The summed E-state index contributed by atoms with van der Waals surface area (Å²) < 4.78 is 45.5. The van der Waals surface area contributed by atoms with Crippen LogP contribution in [-0.2, 0) is 66.6 Å². The highest BCUT2D eigenvalue weighted by molar-refractivity contribution is 6.76. The van der Waals surface area contributed by atoms with Gasteiger partial charge in [0.15, 0.2) is 55.7 Å². The third-order valence-corrected chi connectivity index (χ3v) is 74.7. The zero-order valence-electron chi connectivity index (χ0n) is 95.3. The van der Waals surface area contributed by atoms with Crippen molar-refractivity contribution in [3.8, 4) is 0 Å². The first-order chi connectivity index (χ1) is 63.4. The van der Waals surface area contributed by atoms with Gasteiger partial charge in [-0.2, -0.15) is 10.2 Å². The first-order valence-electron chi connectivity index (χ1n) is 56.2. The number of nitrogens with one attached hydrogen (secondary N) is 2. The Morgan fingerprint density at radius 2 is 0.683 bits per heavy atom. The zero-order valence-corrected chi connectivity index (χ0v) is 101. The Kier molecular flexibility index (Phi) is 29.2. The molecule has 18 rings (SSSR count). The largest absolute Gasteiger partial charge is 0.515 e. The van der Waals surface area contributed by atoms with Crippen LogP contribution in [-0.4, -0.2) is 152 Å². The van der Waals surface area contributed by atoms with Crippen LogP contribution in [0.2, 0.25) is 109 Å². The number of hydrogen-bond donors (Lipinski definition) is 5. The van der Waals surface area contributed by atoms with E-state index in [0.29, 0.717) is 126 Å². The van der Waals surface area contributed by atoms with Crippen LogP contribution >= 0.6 is 0 Å². The number of allylic oxidation sites excluding steroid dienone is 3. The van der Waals surface area contributed by atoms with Crippen LogP contribution in [0, 0.1) is 138 Å². The summed E-state index contributed by atoms with van der Waals surface area (Å²) in [7, 11) is -12.8. The van der Waals surface area contributed by atoms with Crippen molar-refractivity contribution in [2.75, 3.05) is 0 Å². The van der Waals surface area contributed by atoms with Gasteiger partial charge < -0.3 is 41.9 Å². The number of nitrogens with zero attached hydrogens (tertiary/aromatic N) is 2. The van der Waals surface area contributed by atoms with Crippen molar-refractivity contribution >= 4 is 67.3 Å². The number of Topliss-reactive ketones (excluding diaryl/α,β-unsaturated/α-hetero) is 3. The lowest BCUT2D eigenvalue weighted by atomic mass is 9.43. The first-order valence-corrected chi connectivity index (χ1v) is 73.6. The standard InChI is InChI=1S/C33H58N2O2Si2.C33H58O4Si2.C31H56O4Si2.C20H30N2O2/c1-21-14-15-23-27-24(16-17-32(21,23)8)33(9)19-22-20-34-35-26(22)18-25(33)28(36-38(10,11)30(2,3)4)29(27)37-39(12,13)31(5,6)7;1-21-14-15-23-27-24(16-17-32(21,23)8)33(9)19-22(20-34)26(35)18-25(33)28(36-38(10,11)30(2,3)4)29(27)37-39(12,13)31(5,6)7;1-28(2,3)36(9,10)34-26-23-19-20(32)15-17-30(23,7)22-16-18-31(8)21(13-14-24(31)33)25(22)27(26)35-37(11,12)29(4,5)6;1-19-6-3-4-12(19)16-13(5-7-19)20(2)9-11-10-21-22-15(11)8-14(20)17(23)18(16)24/h20,23-25,27-29H,1,14-19H2,2-13H3,(H,34,35);20,23-25,27-29,34H,1,14-19H2,2-13H3;21-23,25-27H,13-19H2,1-12H3;10,12-14,16-18,23-24H,3-9H2,1-2H3,(H,21,22)/b;22-20+;;/t2*23?,24?,25?,27?,28-,29?,32-,33-;21?,22?,23?,25?,26-,27?,30-,31+;12?,13?,14?,16?,17-,18-,19+,20-/m1111/s1. The second kappa shape index (κ2) is 36.6. The summed E-state index contributed by atoms with van der Waals surface area (Å²) in [6, 6.07) is 0. The number of H-pyrrole nitrogens is 2. The molecular formula is C117H202N4O12Si6. The van der Waals surface area contributed by atoms with Gasteiger partial charge in [0.2, 0.25) is 0 Å². The van der Waals surface area contributed by atoms with Crippen LogP contribution in [0.5, 0.6) is 0 Å². The number of hydrogen-bond acceptors (Lipinski definition) is 14.